The van der Waals surface area contributed by atoms with Crippen molar-refractivity contribution in [1.29, 1.82) is 0 Å². The Morgan fingerprint density at radius 2 is 1.54 bits per heavy atom. The number of aliphatic hydroxyl groups is 1. The summed E-state index contributed by atoms with van der Waals surface area (Å²) in [5.74, 6) is 1.09. The molecule has 0 unspecified atom stereocenters. The van der Waals surface area contributed by atoms with Gasteiger partial charge >= 0.3 is 0 Å². The average molecular weight is 866 g/mol. The third kappa shape index (κ3) is 7.81. The van der Waals surface area contributed by atoms with Crippen LogP contribution in [0.25, 0.3) is 54.5 Å². The van der Waals surface area contributed by atoms with Crippen LogP contribution in [-0.4, -0.2) is 20.9 Å². The number of ketones is 1. The molecule has 0 saturated carbocycles. The van der Waals surface area contributed by atoms with Crippen molar-refractivity contribution in [2.24, 2.45) is 10.8 Å². The fraction of sp³-hybridized carbons (Fsp3) is 0.372. The maximum absolute atomic E-state index is 12.2. The molecular formula is C43H49IrN2O3S-. The summed E-state index contributed by atoms with van der Waals surface area (Å²) < 4.78 is 7.66. The molecule has 0 fully saturated rings. The molecule has 0 amide bonds. The zero-order valence-corrected chi connectivity index (χ0v) is 33.9. The standard InChI is InChI=1S/C28H21N2OS.C15H28O2.Ir/c1-28(2,3)22-14-18(13-17-7-4-5-8-19(17)22)26-27-23(29-16-30-26)15-24(31-27)20-9-6-10-25-21(20)11-12-32-25;1-7-14(5,8-2)12(16)11-13(17)15(6,9-3)10-4;/h4-12,14-16H,1-3H3;11,16H,7-10H2,1-6H3;/q-1;;/b;12-11-;. The molecular weight excluding hydrogens is 817 g/mol. The SMILES string of the molecule is CC(C)(C)c1cc(-c2ncnc3cc(-c4cccc5sccc45)oc23)[c-]c2ccccc12.CCC(C)(CC)C(=O)/C=C(\O)C(C)(CC)CC.[Ir]. The number of carbonyl (C=O) groups is 1. The van der Waals surface area contributed by atoms with Crippen LogP contribution in [0.3, 0.4) is 0 Å². The van der Waals surface area contributed by atoms with Crippen molar-refractivity contribution in [2.75, 3.05) is 0 Å². The monoisotopic (exact) mass is 866 g/mol. The molecule has 3 heterocycles. The van der Waals surface area contributed by atoms with Crippen LogP contribution in [0.5, 0.6) is 0 Å². The molecule has 0 spiro atoms. The van der Waals surface area contributed by atoms with Gasteiger partial charge in [-0.1, -0.05) is 104 Å². The van der Waals surface area contributed by atoms with E-state index in [1.807, 2.05) is 47.6 Å². The molecule has 265 valence electrons. The van der Waals surface area contributed by atoms with E-state index in [1.165, 1.54) is 27.1 Å². The Labute approximate surface area is 314 Å². The van der Waals surface area contributed by atoms with Gasteiger partial charge in [0.05, 0.1) is 5.69 Å². The van der Waals surface area contributed by atoms with Crippen molar-refractivity contribution in [3.05, 3.63) is 95.8 Å². The van der Waals surface area contributed by atoms with Gasteiger partial charge in [-0.3, -0.25) is 9.78 Å². The van der Waals surface area contributed by atoms with Crippen LogP contribution >= 0.6 is 11.3 Å². The number of allylic oxidation sites excluding steroid dienone is 2. The first kappa shape index (κ1) is 39.2. The molecule has 3 aromatic heterocycles. The van der Waals surface area contributed by atoms with Gasteiger partial charge in [-0.15, -0.1) is 40.5 Å². The van der Waals surface area contributed by atoms with Gasteiger partial charge in [0, 0.05) is 58.7 Å². The second-order valence-corrected chi connectivity index (χ2v) is 15.5. The maximum Gasteiger partial charge on any atom is 0.164 e. The molecule has 6 rings (SSSR count). The summed E-state index contributed by atoms with van der Waals surface area (Å²) in [6, 6.07) is 24.6. The summed E-state index contributed by atoms with van der Waals surface area (Å²) in [5.41, 5.74) is 4.92. The van der Waals surface area contributed by atoms with Crippen molar-refractivity contribution in [3.63, 3.8) is 0 Å². The summed E-state index contributed by atoms with van der Waals surface area (Å²) in [6.07, 6.45) is 6.37. The Morgan fingerprint density at radius 3 is 2.20 bits per heavy atom. The van der Waals surface area contributed by atoms with E-state index in [4.69, 9.17) is 4.42 Å². The maximum atomic E-state index is 12.2. The number of fused-ring (bicyclic) bond motifs is 3. The van der Waals surface area contributed by atoms with Gasteiger partial charge in [0.15, 0.2) is 5.78 Å². The van der Waals surface area contributed by atoms with Crippen LogP contribution in [0, 0.1) is 16.9 Å². The normalized spacial score (nSPS) is 12.5. The molecule has 5 nitrogen and oxygen atoms in total. The van der Waals surface area contributed by atoms with Gasteiger partial charge in [0.2, 0.25) is 0 Å². The van der Waals surface area contributed by atoms with E-state index >= 15 is 0 Å². The van der Waals surface area contributed by atoms with Crippen LogP contribution in [0.1, 0.15) is 93.6 Å². The van der Waals surface area contributed by atoms with Crippen molar-refractivity contribution in [1.82, 2.24) is 9.97 Å². The zero-order chi connectivity index (χ0) is 35.6. The van der Waals surface area contributed by atoms with Gasteiger partial charge in [0.25, 0.3) is 0 Å². The Bertz CT molecular complexity index is 2130. The van der Waals surface area contributed by atoms with Crippen LogP contribution < -0.4 is 0 Å². The molecule has 0 aliphatic heterocycles. The molecule has 6 aromatic rings. The van der Waals surface area contributed by atoms with Crippen LogP contribution in [-0.2, 0) is 30.3 Å². The molecule has 7 heteroatoms. The number of nitrogens with zero attached hydrogens (tertiary/aromatic N) is 2. The van der Waals surface area contributed by atoms with Crippen LogP contribution in [0.15, 0.2) is 88.6 Å². The van der Waals surface area contributed by atoms with E-state index in [-0.39, 0.29) is 47.9 Å². The Balaban J connectivity index is 0.000000269. The molecule has 0 bridgehead atoms. The number of aromatic nitrogens is 2. The Morgan fingerprint density at radius 1 is 0.860 bits per heavy atom. The summed E-state index contributed by atoms with van der Waals surface area (Å²) in [5, 5.41) is 15.7. The Hall–Kier alpha value is -3.64. The van der Waals surface area contributed by atoms with Gasteiger partial charge in [-0.25, -0.2) is 4.98 Å². The van der Waals surface area contributed by atoms with E-state index in [9.17, 15) is 9.90 Å². The van der Waals surface area contributed by atoms with E-state index in [0.29, 0.717) is 5.58 Å². The summed E-state index contributed by atoms with van der Waals surface area (Å²) in [4.78, 5) is 21.3. The van der Waals surface area contributed by atoms with Gasteiger partial charge in [-0.2, -0.15) is 0 Å². The van der Waals surface area contributed by atoms with Crippen molar-refractivity contribution in [2.45, 2.75) is 93.4 Å². The average Bonchev–Trinajstić information content (AvgIpc) is 3.78. The van der Waals surface area contributed by atoms with Crippen molar-refractivity contribution in [3.8, 4) is 22.6 Å². The van der Waals surface area contributed by atoms with Crippen molar-refractivity contribution >= 4 is 49.1 Å². The number of aliphatic hydroxyl groups excluding tert-OH is 1. The number of hydrogen-bond acceptors (Lipinski definition) is 6. The number of furan rings is 1. The first-order valence-electron chi connectivity index (χ1n) is 17.4. The molecule has 0 aliphatic carbocycles. The zero-order valence-electron chi connectivity index (χ0n) is 30.7. The largest absolute Gasteiger partial charge is 0.512 e. The number of carbonyl (C=O) groups excluding carboxylic acids is 1. The summed E-state index contributed by atoms with van der Waals surface area (Å²) in [6.45, 7) is 18.8. The van der Waals surface area contributed by atoms with Gasteiger partial charge in [0.1, 0.15) is 28.9 Å². The minimum Gasteiger partial charge on any atom is -0.512 e. The fourth-order valence-electron chi connectivity index (χ4n) is 6.05. The molecule has 1 N–H and O–H groups in total. The Kier molecular flexibility index (Phi) is 12.3. The third-order valence-corrected chi connectivity index (χ3v) is 11.4. The quantitative estimate of drug-likeness (QED) is 0.0890. The fourth-order valence-corrected chi connectivity index (χ4v) is 6.86. The summed E-state index contributed by atoms with van der Waals surface area (Å²) in [7, 11) is 0. The predicted molar refractivity (Wildman–Crippen MR) is 206 cm³/mol. The molecule has 1 radical (unpaired) electrons. The number of thiophene rings is 1. The van der Waals surface area contributed by atoms with Crippen LogP contribution in [0.4, 0.5) is 0 Å². The topological polar surface area (TPSA) is 76.2 Å². The number of rotatable bonds is 9. The number of hydrogen-bond donors (Lipinski definition) is 1. The second-order valence-electron chi connectivity index (χ2n) is 14.5. The number of benzene rings is 3. The van der Waals surface area contributed by atoms with E-state index in [2.05, 4.69) is 96.8 Å². The molecule has 0 saturated heterocycles. The van der Waals surface area contributed by atoms with E-state index < -0.39 is 0 Å². The summed E-state index contributed by atoms with van der Waals surface area (Å²) >= 11 is 1.73. The molecule has 3 aromatic carbocycles. The molecule has 0 aliphatic rings. The third-order valence-electron chi connectivity index (χ3n) is 10.5. The van der Waals surface area contributed by atoms with Gasteiger partial charge in [-0.05, 0) is 48.6 Å². The van der Waals surface area contributed by atoms with Crippen LogP contribution in [0.2, 0.25) is 0 Å². The van der Waals surface area contributed by atoms with Crippen molar-refractivity contribution < 1.29 is 34.4 Å². The first-order valence-corrected chi connectivity index (χ1v) is 18.3. The predicted octanol–water partition coefficient (Wildman–Crippen LogP) is 12.7. The smallest absolute Gasteiger partial charge is 0.164 e. The van der Waals surface area contributed by atoms with E-state index in [0.717, 1.165) is 59.2 Å². The first-order chi connectivity index (χ1) is 23.3. The minimum atomic E-state index is -0.337. The van der Waals surface area contributed by atoms with E-state index in [1.54, 1.807) is 17.7 Å². The molecule has 50 heavy (non-hydrogen) atoms. The van der Waals surface area contributed by atoms with Gasteiger partial charge < -0.3 is 9.52 Å². The molecule has 0 atom stereocenters. The minimum absolute atomic E-state index is 0. The second kappa shape index (κ2) is 15.7.